The molecule has 1 atom stereocenters. The number of sulfonamides is 1. The van der Waals surface area contributed by atoms with Crippen molar-refractivity contribution in [2.45, 2.75) is 37.0 Å². The average Bonchev–Trinajstić information content (AvgIpc) is 2.85. The minimum absolute atomic E-state index is 0.0717. The van der Waals surface area contributed by atoms with E-state index in [1.54, 1.807) is 54.6 Å². The van der Waals surface area contributed by atoms with E-state index in [-0.39, 0.29) is 23.3 Å². The van der Waals surface area contributed by atoms with Crippen LogP contribution in [-0.4, -0.2) is 55.6 Å². The maximum atomic E-state index is 13.1. The first kappa shape index (κ1) is 22.5. The van der Waals surface area contributed by atoms with E-state index in [1.807, 2.05) is 4.90 Å². The third-order valence-electron chi connectivity index (χ3n) is 6.19. The Morgan fingerprint density at radius 3 is 2.28 bits per heavy atom. The summed E-state index contributed by atoms with van der Waals surface area (Å²) in [6.45, 7) is 1.99. The summed E-state index contributed by atoms with van der Waals surface area (Å²) in [7, 11) is -3.64. The Kier molecular flexibility index (Phi) is 6.91. The topological polar surface area (TPSA) is 86.8 Å². The van der Waals surface area contributed by atoms with E-state index < -0.39 is 15.9 Å². The molecule has 1 N–H and O–H groups in total. The van der Waals surface area contributed by atoms with Crippen LogP contribution in [-0.2, 0) is 14.8 Å². The first-order valence-corrected chi connectivity index (χ1v) is 12.7. The number of rotatable bonds is 5. The monoisotopic (exact) mass is 455 g/mol. The number of para-hydroxylation sites is 1. The predicted octanol–water partition coefficient (Wildman–Crippen LogP) is 3.35. The van der Waals surface area contributed by atoms with E-state index in [0.717, 1.165) is 32.4 Å². The van der Waals surface area contributed by atoms with Gasteiger partial charge in [-0.25, -0.2) is 8.42 Å². The van der Waals surface area contributed by atoms with Crippen LogP contribution in [0.5, 0.6) is 0 Å². The van der Waals surface area contributed by atoms with Crippen molar-refractivity contribution in [1.82, 2.24) is 9.21 Å². The molecule has 0 spiro atoms. The van der Waals surface area contributed by atoms with Crippen molar-refractivity contribution in [3.05, 3.63) is 60.2 Å². The molecular weight excluding hydrogens is 426 g/mol. The summed E-state index contributed by atoms with van der Waals surface area (Å²) in [5.41, 5.74) is 0.962. The van der Waals surface area contributed by atoms with Crippen LogP contribution in [0.2, 0.25) is 0 Å². The molecule has 2 aliphatic heterocycles. The van der Waals surface area contributed by atoms with Crippen molar-refractivity contribution in [2.24, 2.45) is 5.92 Å². The van der Waals surface area contributed by atoms with Crippen LogP contribution in [0.15, 0.2) is 59.5 Å². The Labute approximate surface area is 189 Å². The summed E-state index contributed by atoms with van der Waals surface area (Å²) < 4.78 is 27.3. The molecule has 2 aliphatic rings. The van der Waals surface area contributed by atoms with Gasteiger partial charge in [-0.15, -0.1) is 0 Å². The number of hydrogen-bond donors (Lipinski definition) is 1. The van der Waals surface area contributed by atoms with Crippen molar-refractivity contribution in [3.63, 3.8) is 0 Å². The standard InChI is InChI=1S/C24H29N3O4S/c28-23(19-10-9-17-27(18-19)32(30,31)20-11-3-1-4-12-20)25-22-14-6-5-13-21(22)24(29)26-15-7-2-8-16-26/h1,3-6,11-14,19H,2,7-10,15-18H2,(H,25,28). The molecular formula is C24H29N3O4S. The fourth-order valence-corrected chi connectivity index (χ4v) is 5.94. The summed E-state index contributed by atoms with van der Waals surface area (Å²) in [5, 5.41) is 2.90. The lowest BCUT2D eigenvalue weighted by molar-refractivity contribution is -0.120. The molecule has 4 rings (SSSR count). The smallest absolute Gasteiger partial charge is 0.255 e. The number of nitrogens with one attached hydrogen (secondary N) is 1. The Bertz CT molecular complexity index is 1070. The summed E-state index contributed by atoms with van der Waals surface area (Å²) in [6.07, 6.45) is 4.34. The van der Waals surface area contributed by atoms with Gasteiger partial charge in [-0.1, -0.05) is 30.3 Å². The largest absolute Gasteiger partial charge is 0.339 e. The van der Waals surface area contributed by atoms with Gasteiger partial charge in [-0.2, -0.15) is 4.31 Å². The van der Waals surface area contributed by atoms with Crippen LogP contribution in [0.25, 0.3) is 0 Å². The van der Waals surface area contributed by atoms with Crippen LogP contribution < -0.4 is 5.32 Å². The molecule has 2 aromatic rings. The van der Waals surface area contributed by atoms with Crippen molar-refractivity contribution >= 4 is 27.5 Å². The van der Waals surface area contributed by atoms with E-state index in [0.29, 0.717) is 30.6 Å². The van der Waals surface area contributed by atoms with E-state index in [4.69, 9.17) is 0 Å². The quantitative estimate of drug-likeness (QED) is 0.749. The highest BCUT2D eigenvalue weighted by atomic mass is 32.2. The maximum absolute atomic E-state index is 13.1. The van der Waals surface area contributed by atoms with Crippen LogP contribution in [0.3, 0.4) is 0 Å². The summed E-state index contributed by atoms with van der Waals surface area (Å²) in [6, 6.07) is 15.3. The van der Waals surface area contributed by atoms with Crippen LogP contribution >= 0.6 is 0 Å². The Morgan fingerprint density at radius 1 is 0.844 bits per heavy atom. The molecule has 0 bridgehead atoms. The molecule has 2 heterocycles. The minimum Gasteiger partial charge on any atom is -0.339 e. The zero-order valence-corrected chi connectivity index (χ0v) is 18.9. The number of likely N-dealkylation sites (tertiary alicyclic amines) is 1. The first-order chi connectivity index (χ1) is 15.5. The fourth-order valence-electron chi connectivity index (χ4n) is 4.40. The average molecular weight is 456 g/mol. The number of nitrogens with zero attached hydrogens (tertiary/aromatic N) is 2. The van der Waals surface area contributed by atoms with Crippen molar-refractivity contribution in [1.29, 1.82) is 0 Å². The molecule has 170 valence electrons. The van der Waals surface area contributed by atoms with Crippen molar-refractivity contribution < 1.29 is 18.0 Å². The first-order valence-electron chi connectivity index (χ1n) is 11.2. The van der Waals surface area contributed by atoms with Crippen LogP contribution in [0, 0.1) is 5.92 Å². The summed E-state index contributed by atoms with van der Waals surface area (Å²) in [4.78, 5) is 28.1. The number of hydrogen-bond acceptors (Lipinski definition) is 4. The van der Waals surface area contributed by atoms with E-state index in [2.05, 4.69) is 5.32 Å². The van der Waals surface area contributed by atoms with Crippen molar-refractivity contribution in [2.75, 3.05) is 31.5 Å². The van der Waals surface area contributed by atoms with Gasteiger partial charge in [-0.05, 0) is 56.4 Å². The summed E-state index contributed by atoms with van der Waals surface area (Å²) >= 11 is 0. The van der Waals surface area contributed by atoms with Gasteiger partial charge in [-0.3, -0.25) is 9.59 Å². The highest BCUT2D eigenvalue weighted by Gasteiger charge is 2.33. The third kappa shape index (κ3) is 4.86. The number of piperidine rings is 2. The molecule has 1 unspecified atom stereocenters. The molecule has 8 heteroatoms. The van der Waals surface area contributed by atoms with Gasteiger partial charge in [0.25, 0.3) is 5.91 Å². The van der Waals surface area contributed by atoms with E-state index >= 15 is 0 Å². The molecule has 0 saturated carbocycles. The minimum atomic E-state index is -3.64. The number of carbonyl (C=O) groups is 2. The Balaban J connectivity index is 1.47. The fraction of sp³-hybridized carbons (Fsp3) is 0.417. The van der Waals surface area contributed by atoms with Gasteiger partial charge < -0.3 is 10.2 Å². The third-order valence-corrected chi connectivity index (χ3v) is 8.07. The van der Waals surface area contributed by atoms with Gasteiger partial charge in [0.05, 0.1) is 22.1 Å². The predicted molar refractivity (Wildman–Crippen MR) is 123 cm³/mol. The SMILES string of the molecule is O=C(Nc1ccccc1C(=O)N1CCCCC1)C1CCCN(S(=O)(=O)c2ccccc2)C1. The zero-order chi connectivity index (χ0) is 22.6. The second kappa shape index (κ2) is 9.83. The maximum Gasteiger partial charge on any atom is 0.255 e. The lowest BCUT2D eigenvalue weighted by Crippen LogP contribution is -2.43. The molecule has 32 heavy (non-hydrogen) atoms. The number of anilines is 1. The zero-order valence-electron chi connectivity index (χ0n) is 18.1. The number of benzene rings is 2. The second-order valence-corrected chi connectivity index (χ2v) is 10.3. The lowest BCUT2D eigenvalue weighted by atomic mass is 9.98. The van der Waals surface area contributed by atoms with Gasteiger partial charge >= 0.3 is 0 Å². The normalized spacial score (nSPS) is 20.0. The van der Waals surface area contributed by atoms with E-state index in [9.17, 15) is 18.0 Å². The van der Waals surface area contributed by atoms with E-state index in [1.165, 1.54) is 4.31 Å². The van der Waals surface area contributed by atoms with Gasteiger partial charge in [0.2, 0.25) is 15.9 Å². The molecule has 2 saturated heterocycles. The Hall–Kier alpha value is -2.71. The highest BCUT2D eigenvalue weighted by molar-refractivity contribution is 7.89. The van der Waals surface area contributed by atoms with Gasteiger partial charge in [0, 0.05) is 26.2 Å². The summed E-state index contributed by atoms with van der Waals surface area (Å²) in [5.74, 6) is -0.797. The molecule has 2 amide bonds. The van der Waals surface area contributed by atoms with Crippen molar-refractivity contribution in [3.8, 4) is 0 Å². The lowest BCUT2D eigenvalue weighted by Gasteiger charge is -2.31. The van der Waals surface area contributed by atoms with Crippen LogP contribution in [0.4, 0.5) is 5.69 Å². The number of carbonyl (C=O) groups excluding carboxylic acids is 2. The molecule has 2 fully saturated rings. The second-order valence-electron chi connectivity index (χ2n) is 8.40. The highest BCUT2D eigenvalue weighted by Crippen LogP contribution is 2.26. The van der Waals surface area contributed by atoms with Gasteiger partial charge in [0.15, 0.2) is 0 Å². The van der Waals surface area contributed by atoms with Crippen LogP contribution in [0.1, 0.15) is 42.5 Å². The molecule has 7 nitrogen and oxygen atoms in total. The Morgan fingerprint density at radius 2 is 1.53 bits per heavy atom. The molecule has 0 aliphatic carbocycles. The molecule has 2 aromatic carbocycles. The molecule has 0 radical (unpaired) electrons. The number of amides is 2. The molecule has 0 aromatic heterocycles. The van der Waals surface area contributed by atoms with Gasteiger partial charge in [0.1, 0.15) is 0 Å².